The molecule has 118 valence electrons. The van der Waals surface area contributed by atoms with E-state index in [2.05, 4.69) is 48.7 Å². The number of nitrogens with one attached hydrogen (secondary N) is 2. The van der Waals surface area contributed by atoms with Gasteiger partial charge in [-0.3, -0.25) is 4.79 Å². The first-order chi connectivity index (χ1) is 9.58. The van der Waals surface area contributed by atoms with E-state index in [0.29, 0.717) is 12.5 Å². The summed E-state index contributed by atoms with van der Waals surface area (Å²) in [5, 5.41) is 6.36. The van der Waals surface area contributed by atoms with E-state index in [1.54, 1.807) is 0 Å². The lowest BCUT2D eigenvalue weighted by atomic mass is 9.97. The van der Waals surface area contributed by atoms with Crippen molar-refractivity contribution < 1.29 is 4.79 Å². The van der Waals surface area contributed by atoms with Crippen LogP contribution in [0.4, 0.5) is 0 Å². The van der Waals surface area contributed by atoms with E-state index in [9.17, 15) is 4.79 Å². The third kappa shape index (κ3) is 4.99. The molecule has 0 spiro atoms. The summed E-state index contributed by atoms with van der Waals surface area (Å²) in [6.45, 7) is 5.38. The Balaban J connectivity index is 0.00000220. The molecule has 0 radical (unpaired) electrons. The number of hydrogen-bond acceptors (Lipinski definition) is 3. The lowest BCUT2D eigenvalue weighted by Gasteiger charge is -2.17. The maximum atomic E-state index is 12.2. The predicted octanol–water partition coefficient (Wildman–Crippen LogP) is 1.64. The maximum Gasteiger partial charge on any atom is 0.224 e. The van der Waals surface area contributed by atoms with Gasteiger partial charge in [0.05, 0.1) is 5.92 Å². The molecule has 2 rings (SSSR count). The first kappa shape index (κ1) is 18.0. The Morgan fingerprint density at radius 2 is 1.95 bits per heavy atom. The van der Waals surface area contributed by atoms with Gasteiger partial charge in [-0.15, -0.1) is 12.4 Å². The Morgan fingerprint density at radius 1 is 1.29 bits per heavy atom. The standard InChI is InChI=1S/C16H25N3O.ClH/c1-12-8-17-10-15(12)16(20)18-9-13-6-4-5-7-14(13)11-19(2)3;/h4-7,12,15,17H,8-11H2,1-3H3,(H,18,20);1H/t12-,15-;/m1./s1. The van der Waals surface area contributed by atoms with Crippen molar-refractivity contribution in [3.8, 4) is 0 Å². The van der Waals surface area contributed by atoms with Gasteiger partial charge in [-0.2, -0.15) is 0 Å². The molecule has 0 saturated carbocycles. The van der Waals surface area contributed by atoms with Crippen molar-refractivity contribution >= 4 is 18.3 Å². The van der Waals surface area contributed by atoms with Crippen LogP contribution in [-0.4, -0.2) is 38.0 Å². The molecule has 0 unspecified atom stereocenters. The first-order valence-electron chi connectivity index (χ1n) is 7.28. The van der Waals surface area contributed by atoms with Gasteiger partial charge in [0.15, 0.2) is 0 Å². The number of nitrogens with zero attached hydrogens (tertiary/aromatic N) is 1. The van der Waals surface area contributed by atoms with E-state index in [1.165, 1.54) is 11.1 Å². The quantitative estimate of drug-likeness (QED) is 0.869. The molecule has 2 atom stereocenters. The molecule has 1 amide bonds. The van der Waals surface area contributed by atoms with Crippen molar-refractivity contribution in [1.29, 1.82) is 0 Å². The van der Waals surface area contributed by atoms with Crippen LogP contribution in [0.5, 0.6) is 0 Å². The highest BCUT2D eigenvalue weighted by atomic mass is 35.5. The minimum Gasteiger partial charge on any atom is -0.352 e. The molecule has 1 aromatic carbocycles. The van der Waals surface area contributed by atoms with E-state index in [4.69, 9.17) is 0 Å². The zero-order valence-electron chi connectivity index (χ0n) is 13.1. The van der Waals surface area contributed by atoms with Crippen molar-refractivity contribution in [3.63, 3.8) is 0 Å². The van der Waals surface area contributed by atoms with E-state index in [-0.39, 0.29) is 24.2 Å². The van der Waals surface area contributed by atoms with E-state index in [0.717, 1.165) is 19.6 Å². The Kier molecular flexibility index (Phi) is 7.15. The molecule has 2 N–H and O–H groups in total. The topological polar surface area (TPSA) is 44.4 Å². The number of carbonyl (C=O) groups excluding carboxylic acids is 1. The number of carbonyl (C=O) groups is 1. The van der Waals surface area contributed by atoms with Gasteiger partial charge in [-0.05, 0) is 37.7 Å². The van der Waals surface area contributed by atoms with Crippen LogP contribution in [0.1, 0.15) is 18.1 Å². The van der Waals surface area contributed by atoms with Gasteiger partial charge in [0, 0.05) is 19.6 Å². The molecule has 0 aromatic heterocycles. The minimum absolute atomic E-state index is 0. The van der Waals surface area contributed by atoms with E-state index >= 15 is 0 Å². The van der Waals surface area contributed by atoms with Gasteiger partial charge in [0.2, 0.25) is 5.91 Å². The molecule has 1 saturated heterocycles. The van der Waals surface area contributed by atoms with Crippen LogP contribution >= 0.6 is 12.4 Å². The largest absolute Gasteiger partial charge is 0.352 e. The lowest BCUT2D eigenvalue weighted by Crippen LogP contribution is -2.34. The second kappa shape index (κ2) is 8.37. The summed E-state index contributed by atoms with van der Waals surface area (Å²) >= 11 is 0. The highest BCUT2D eigenvalue weighted by Gasteiger charge is 2.29. The van der Waals surface area contributed by atoms with E-state index < -0.39 is 0 Å². The van der Waals surface area contributed by atoms with Crippen molar-refractivity contribution in [2.75, 3.05) is 27.2 Å². The summed E-state index contributed by atoms with van der Waals surface area (Å²) in [7, 11) is 4.11. The predicted molar refractivity (Wildman–Crippen MR) is 88.5 cm³/mol. The summed E-state index contributed by atoms with van der Waals surface area (Å²) in [6.07, 6.45) is 0. The molecular weight excluding hydrogens is 286 g/mol. The number of rotatable bonds is 5. The van der Waals surface area contributed by atoms with Crippen molar-refractivity contribution in [3.05, 3.63) is 35.4 Å². The van der Waals surface area contributed by atoms with Gasteiger partial charge >= 0.3 is 0 Å². The average molecular weight is 312 g/mol. The van der Waals surface area contributed by atoms with Crippen LogP contribution in [0.25, 0.3) is 0 Å². The molecule has 5 heteroatoms. The minimum atomic E-state index is 0. The highest BCUT2D eigenvalue weighted by Crippen LogP contribution is 2.16. The van der Waals surface area contributed by atoms with Gasteiger partial charge < -0.3 is 15.5 Å². The molecule has 1 aliphatic heterocycles. The number of benzene rings is 1. The maximum absolute atomic E-state index is 12.2. The average Bonchev–Trinajstić information content (AvgIpc) is 2.83. The molecule has 4 nitrogen and oxygen atoms in total. The fourth-order valence-electron chi connectivity index (χ4n) is 2.70. The molecule has 21 heavy (non-hydrogen) atoms. The summed E-state index contributed by atoms with van der Waals surface area (Å²) in [5.41, 5.74) is 2.48. The highest BCUT2D eigenvalue weighted by molar-refractivity contribution is 5.85. The van der Waals surface area contributed by atoms with Crippen molar-refractivity contribution in [1.82, 2.24) is 15.5 Å². The van der Waals surface area contributed by atoms with Crippen molar-refractivity contribution in [2.24, 2.45) is 11.8 Å². The molecule has 0 bridgehead atoms. The second-order valence-electron chi connectivity index (χ2n) is 5.97. The van der Waals surface area contributed by atoms with E-state index in [1.807, 2.05) is 12.1 Å². The zero-order valence-corrected chi connectivity index (χ0v) is 13.9. The summed E-state index contributed by atoms with van der Waals surface area (Å²) in [6, 6.07) is 8.30. The Bertz CT molecular complexity index is 465. The number of amides is 1. The molecule has 1 fully saturated rings. The van der Waals surface area contributed by atoms with Crippen LogP contribution in [-0.2, 0) is 17.9 Å². The molecular formula is C16H26ClN3O. The van der Waals surface area contributed by atoms with Crippen molar-refractivity contribution in [2.45, 2.75) is 20.0 Å². The normalized spacial score (nSPS) is 21.1. The second-order valence-corrected chi connectivity index (χ2v) is 5.97. The Morgan fingerprint density at radius 3 is 2.52 bits per heavy atom. The summed E-state index contributed by atoms with van der Waals surface area (Å²) in [5.74, 6) is 0.699. The summed E-state index contributed by atoms with van der Waals surface area (Å²) in [4.78, 5) is 14.3. The third-order valence-corrected chi connectivity index (χ3v) is 3.91. The van der Waals surface area contributed by atoms with Crippen LogP contribution in [0.3, 0.4) is 0 Å². The summed E-state index contributed by atoms with van der Waals surface area (Å²) < 4.78 is 0. The van der Waals surface area contributed by atoms with Gasteiger partial charge in [-0.1, -0.05) is 31.2 Å². The molecule has 1 heterocycles. The Hall–Kier alpha value is -1.10. The monoisotopic (exact) mass is 311 g/mol. The van der Waals surface area contributed by atoms with Crippen LogP contribution < -0.4 is 10.6 Å². The van der Waals surface area contributed by atoms with Crippen LogP contribution in [0.2, 0.25) is 0 Å². The smallest absolute Gasteiger partial charge is 0.224 e. The van der Waals surface area contributed by atoms with Crippen LogP contribution in [0, 0.1) is 11.8 Å². The first-order valence-corrected chi connectivity index (χ1v) is 7.28. The van der Waals surface area contributed by atoms with Gasteiger partial charge in [0.1, 0.15) is 0 Å². The van der Waals surface area contributed by atoms with Gasteiger partial charge in [0.25, 0.3) is 0 Å². The number of halogens is 1. The molecule has 1 aromatic rings. The zero-order chi connectivity index (χ0) is 14.5. The molecule has 1 aliphatic rings. The third-order valence-electron chi connectivity index (χ3n) is 3.91. The van der Waals surface area contributed by atoms with Crippen LogP contribution in [0.15, 0.2) is 24.3 Å². The SMILES string of the molecule is C[C@@H]1CNC[C@H]1C(=O)NCc1ccccc1CN(C)C.Cl. The molecule has 0 aliphatic carbocycles. The Labute approximate surface area is 133 Å². The van der Waals surface area contributed by atoms with Gasteiger partial charge in [-0.25, -0.2) is 0 Å². The fourth-order valence-corrected chi connectivity index (χ4v) is 2.70. The fraction of sp³-hybridized carbons (Fsp3) is 0.562. The lowest BCUT2D eigenvalue weighted by molar-refractivity contribution is -0.125. The number of hydrogen-bond donors (Lipinski definition) is 2.